The van der Waals surface area contributed by atoms with Crippen LogP contribution < -0.4 is 0 Å². The lowest BCUT2D eigenvalue weighted by Gasteiger charge is -2.04. The Kier molecular flexibility index (Phi) is 3.72. The zero-order valence-electron chi connectivity index (χ0n) is 16.6. The molecular formula is C21H15N7O3. The monoisotopic (exact) mass is 413 g/mol. The minimum atomic E-state index is 0.116. The van der Waals surface area contributed by atoms with Crippen molar-refractivity contribution in [2.24, 2.45) is 0 Å². The molecule has 31 heavy (non-hydrogen) atoms. The summed E-state index contributed by atoms with van der Waals surface area (Å²) in [4.78, 5) is 17.6. The highest BCUT2D eigenvalue weighted by Crippen LogP contribution is 2.36. The van der Waals surface area contributed by atoms with Gasteiger partial charge >= 0.3 is 0 Å². The molecule has 0 N–H and O–H groups in total. The minimum absolute atomic E-state index is 0.116. The first-order valence-electron chi connectivity index (χ1n) is 9.65. The van der Waals surface area contributed by atoms with Gasteiger partial charge in [-0.25, -0.2) is 9.97 Å². The lowest BCUT2D eigenvalue weighted by Crippen LogP contribution is -1.93. The van der Waals surface area contributed by atoms with Crippen LogP contribution in [0.3, 0.4) is 0 Å². The summed E-state index contributed by atoms with van der Waals surface area (Å²) in [5.41, 5.74) is 3.79. The summed E-state index contributed by atoms with van der Waals surface area (Å²) < 4.78 is 18.6. The van der Waals surface area contributed by atoms with Crippen LogP contribution in [0.1, 0.15) is 25.5 Å². The Morgan fingerprint density at radius 2 is 2.00 bits per heavy atom. The summed E-state index contributed by atoms with van der Waals surface area (Å²) in [6.07, 6.45) is 8.41. The minimum Gasteiger partial charge on any atom is -0.463 e. The second-order valence-electron chi connectivity index (χ2n) is 7.31. The van der Waals surface area contributed by atoms with Gasteiger partial charge in [0.05, 0.1) is 35.3 Å². The van der Waals surface area contributed by atoms with Crippen LogP contribution in [-0.4, -0.2) is 34.6 Å². The summed E-state index contributed by atoms with van der Waals surface area (Å²) in [7, 11) is 0. The Morgan fingerprint density at radius 1 is 1.06 bits per heavy atom. The van der Waals surface area contributed by atoms with Gasteiger partial charge in [0.2, 0.25) is 5.82 Å². The summed E-state index contributed by atoms with van der Waals surface area (Å²) in [5, 5.41) is 9.14. The van der Waals surface area contributed by atoms with Gasteiger partial charge in [-0.05, 0) is 24.1 Å². The van der Waals surface area contributed by atoms with E-state index in [-0.39, 0.29) is 5.92 Å². The molecular weight excluding hydrogens is 398 g/mol. The number of imidazole rings is 1. The fraction of sp³-hybridized carbons (Fsp3) is 0.143. The standard InChI is InChI=1S/C21H15N7O3/c1-11(2)18-17-12(8-13(15-4-3-7-29-15)24-21(17)31-26-18)20-25-19(27-30-20)14-9-23-16-10-22-5-6-28(14)16/h3-11H,1-2H3. The summed E-state index contributed by atoms with van der Waals surface area (Å²) in [6, 6.07) is 5.47. The molecule has 0 bridgehead atoms. The predicted octanol–water partition coefficient (Wildman–Crippen LogP) is 4.37. The molecule has 0 saturated heterocycles. The molecule has 6 heterocycles. The molecule has 0 fully saturated rings. The molecule has 0 unspecified atom stereocenters. The number of nitrogens with zero attached hydrogens (tertiary/aromatic N) is 7. The molecule has 0 amide bonds. The van der Waals surface area contributed by atoms with E-state index in [4.69, 9.17) is 13.5 Å². The quantitative estimate of drug-likeness (QED) is 0.415. The van der Waals surface area contributed by atoms with Crippen molar-refractivity contribution in [1.29, 1.82) is 0 Å². The van der Waals surface area contributed by atoms with Crippen molar-refractivity contribution < 1.29 is 13.5 Å². The van der Waals surface area contributed by atoms with Crippen LogP contribution >= 0.6 is 0 Å². The molecule has 0 atom stereocenters. The molecule has 0 aromatic carbocycles. The van der Waals surface area contributed by atoms with Crippen molar-refractivity contribution >= 4 is 16.7 Å². The Bertz CT molecular complexity index is 1530. The average Bonchev–Trinajstić information content (AvgIpc) is 3.58. The number of fused-ring (bicyclic) bond motifs is 2. The van der Waals surface area contributed by atoms with Crippen molar-refractivity contribution in [3.63, 3.8) is 0 Å². The number of furan rings is 1. The molecule has 0 aliphatic rings. The molecule has 0 aliphatic carbocycles. The predicted molar refractivity (Wildman–Crippen MR) is 109 cm³/mol. The summed E-state index contributed by atoms with van der Waals surface area (Å²) >= 11 is 0. The Balaban J connectivity index is 1.56. The first kappa shape index (κ1) is 17.5. The fourth-order valence-corrected chi connectivity index (χ4v) is 3.53. The molecule has 10 heteroatoms. The molecule has 152 valence electrons. The molecule has 6 rings (SSSR count). The van der Waals surface area contributed by atoms with Crippen molar-refractivity contribution in [1.82, 2.24) is 34.6 Å². The number of rotatable bonds is 4. The zero-order chi connectivity index (χ0) is 20.9. The molecule has 10 nitrogen and oxygen atoms in total. The van der Waals surface area contributed by atoms with E-state index >= 15 is 0 Å². The molecule has 6 aromatic heterocycles. The Hall–Kier alpha value is -4.34. The Labute approximate surface area is 174 Å². The third-order valence-corrected chi connectivity index (χ3v) is 5.00. The van der Waals surface area contributed by atoms with Gasteiger partial charge in [-0.2, -0.15) is 4.98 Å². The smallest absolute Gasteiger partial charge is 0.259 e. The van der Waals surface area contributed by atoms with Crippen LogP contribution in [0.25, 0.3) is 51.2 Å². The molecule has 0 radical (unpaired) electrons. The van der Waals surface area contributed by atoms with Crippen LogP contribution in [0.2, 0.25) is 0 Å². The van der Waals surface area contributed by atoms with Gasteiger partial charge in [0, 0.05) is 12.4 Å². The number of pyridine rings is 1. The van der Waals surface area contributed by atoms with E-state index in [9.17, 15) is 0 Å². The van der Waals surface area contributed by atoms with E-state index in [0.717, 1.165) is 11.1 Å². The van der Waals surface area contributed by atoms with Crippen molar-refractivity contribution in [2.45, 2.75) is 19.8 Å². The highest BCUT2D eigenvalue weighted by molar-refractivity contribution is 5.94. The van der Waals surface area contributed by atoms with Gasteiger partial charge in [-0.3, -0.25) is 9.38 Å². The second kappa shape index (κ2) is 6.59. The molecule has 0 saturated carbocycles. The molecule has 6 aromatic rings. The number of hydrogen-bond acceptors (Lipinski definition) is 9. The second-order valence-corrected chi connectivity index (χ2v) is 7.31. The van der Waals surface area contributed by atoms with Crippen molar-refractivity contribution in [2.75, 3.05) is 0 Å². The van der Waals surface area contributed by atoms with Gasteiger partial charge in [-0.15, -0.1) is 0 Å². The highest BCUT2D eigenvalue weighted by Gasteiger charge is 2.24. The van der Waals surface area contributed by atoms with Gasteiger partial charge in [0.15, 0.2) is 11.4 Å². The van der Waals surface area contributed by atoms with Gasteiger partial charge in [-0.1, -0.05) is 24.2 Å². The van der Waals surface area contributed by atoms with E-state index < -0.39 is 0 Å². The summed E-state index contributed by atoms with van der Waals surface area (Å²) in [6.45, 7) is 4.07. The van der Waals surface area contributed by atoms with Crippen LogP contribution in [0.15, 0.2) is 62.7 Å². The first-order chi connectivity index (χ1) is 15.2. The van der Waals surface area contributed by atoms with Crippen molar-refractivity contribution in [3.8, 4) is 34.4 Å². The topological polar surface area (TPSA) is 121 Å². The SMILES string of the molecule is CC(C)c1noc2nc(-c3ccco3)cc(-c3nc(-c4cnc5cnccn45)no3)c12. The third kappa shape index (κ3) is 2.72. The van der Waals surface area contributed by atoms with Crippen molar-refractivity contribution in [3.05, 3.63) is 54.9 Å². The maximum Gasteiger partial charge on any atom is 0.259 e. The normalized spacial score (nSPS) is 11.8. The molecule has 0 aliphatic heterocycles. The van der Waals surface area contributed by atoms with E-state index in [0.29, 0.717) is 45.8 Å². The fourth-order valence-electron chi connectivity index (χ4n) is 3.53. The Morgan fingerprint density at radius 3 is 2.84 bits per heavy atom. The van der Waals surface area contributed by atoms with E-state index in [2.05, 4.69) is 30.2 Å². The summed E-state index contributed by atoms with van der Waals surface area (Å²) in [5.74, 6) is 1.44. The van der Waals surface area contributed by atoms with E-state index in [1.54, 1.807) is 37.1 Å². The van der Waals surface area contributed by atoms with Gasteiger partial charge < -0.3 is 13.5 Å². The lowest BCUT2D eigenvalue weighted by atomic mass is 10.0. The van der Waals surface area contributed by atoms with Crippen LogP contribution in [0.5, 0.6) is 0 Å². The van der Waals surface area contributed by atoms with Gasteiger partial charge in [0.25, 0.3) is 11.6 Å². The van der Waals surface area contributed by atoms with E-state index in [1.165, 1.54) is 0 Å². The third-order valence-electron chi connectivity index (χ3n) is 5.00. The van der Waals surface area contributed by atoms with Crippen LogP contribution in [0.4, 0.5) is 0 Å². The van der Waals surface area contributed by atoms with Gasteiger partial charge in [0.1, 0.15) is 11.4 Å². The maximum atomic E-state index is 5.66. The maximum absolute atomic E-state index is 5.66. The number of aromatic nitrogens is 7. The van der Waals surface area contributed by atoms with E-state index in [1.807, 2.05) is 30.4 Å². The van der Waals surface area contributed by atoms with Crippen LogP contribution in [-0.2, 0) is 0 Å². The zero-order valence-corrected chi connectivity index (χ0v) is 16.6. The average molecular weight is 413 g/mol. The molecule has 0 spiro atoms. The lowest BCUT2D eigenvalue weighted by molar-refractivity contribution is 0.432. The highest BCUT2D eigenvalue weighted by atomic mass is 16.5. The first-order valence-corrected chi connectivity index (χ1v) is 9.65. The largest absolute Gasteiger partial charge is 0.463 e. The number of hydrogen-bond donors (Lipinski definition) is 0. The van der Waals surface area contributed by atoms with Crippen LogP contribution in [0, 0.1) is 0 Å².